The molecular weight excluding hydrogens is 439 g/mol. The third-order valence-electron chi connectivity index (χ3n) is 4.24. The van der Waals surface area contributed by atoms with Crippen LogP contribution < -0.4 is 9.47 Å². The first-order chi connectivity index (χ1) is 14.4. The number of hydrogen-bond donors (Lipinski definition) is 1. The number of methoxy groups -OCH3 is 1. The summed E-state index contributed by atoms with van der Waals surface area (Å²) in [6.45, 7) is 5.91. The van der Waals surface area contributed by atoms with Gasteiger partial charge in [0.2, 0.25) is 0 Å². The average Bonchev–Trinajstić information content (AvgIpc) is 2.77. The predicted octanol–water partition coefficient (Wildman–Crippen LogP) is 6.82. The maximum Gasteiger partial charge on any atom is 0.119 e. The number of benzene rings is 2. The van der Waals surface area contributed by atoms with E-state index >= 15 is 0 Å². The minimum atomic E-state index is -0.619. The fourth-order valence-corrected chi connectivity index (χ4v) is 4.01. The molecule has 160 valence electrons. The summed E-state index contributed by atoms with van der Waals surface area (Å²) < 4.78 is 10.8. The lowest BCUT2D eigenvalue weighted by atomic mass is 10.1. The van der Waals surface area contributed by atoms with Gasteiger partial charge >= 0.3 is 0 Å². The zero-order chi connectivity index (χ0) is 21.9. The van der Waals surface area contributed by atoms with Gasteiger partial charge in [0.15, 0.2) is 0 Å². The van der Waals surface area contributed by atoms with E-state index in [0.717, 1.165) is 16.9 Å². The van der Waals surface area contributed by atoms with E-state index in [2.05, 4.69) is 6.58 Å². The Labute approximate surface area is 193 Å². The average molecular weight is 465 g/mol. The number of rotatable bonds is 11. The van der Waals surface area contributed by atoms with Crippen LogP contribution in [0, 0.1) is 0 Å². The highest BCUT2D eigenvalue weighted by atomic mass is 35.5. The summed E-state index contributed by atoms with van der Waals surface area (Å²) in [7, 11) is 1.62. The monoisotopic (exact) mass is 464 g/mol. The molecule has 30 heavy (non-hydrogen) atoms. The minimum Gasteiger partial charge on any atom is -0.497 e. The predicted molar refractivity (Wildman–Crippen MR) is 129 cm³/mol. The summed E-state index contributed by atoms with van der Waals surface area (Å²) in [6.07, 6.45) is 4.76. The van der Waals surface area contributed by atoms with Crippen LogP contribution in [0.1, 0.15) is 17.7 Å². The molecule has 0 heterocycles. The van der Waals surface area contributed by atoms with E-state index in [0.29, 0.717) is 21.6 Å². The molecule has 0 fully saturated rings. The highest BCUT2D eigenvalue weighted by Gasteiger charge is 2.17. The molecule has 0 aliphatic carbocycles. The molecule has 1 N–H and O–H groups in total. The number of halogens is 2. The van der Waals surface area contributed by atoms with Crippen molar-refractivity contribution in [3.05, 3.63) is 94.5 Å². The van der Waals surface area contributed by atoms with Crippen LogP contribution in [0.5, 0.6) is 11.5 Å². The van der Waals surface area contributed by atoms with Crippen molar-refractivity contribution in [1.29, 1.82) is 0 Å². The van der Waals surface area contributed by atoms with Crippen molar-refractivity contribution in [2.24, 2.45) is 0 Å². The summed E-state index contributed by atoms with van der Waals surface area (Å²) in [5.74, 6) is 1.96. The van der Waals surface area contributed by atoms with Crippen LogP contribution >= 0.6 is 35.0 Å². The molecule has 6 heteroatoms. The Morgan fingerprint density at radius 2 is 1.73 bits per heavy atom. The summed E-state index contributed by atoms with van der Waals surface area (Å²) >= 11 is 13.7. The molecule has 2 rings (SSSR count). The second-order valence-electron chi connectivity index (χ2n) is 6.57. The molecular formula is C24H26Cl2O3S. The zero-order valence-electron chi connectivity index (χ0n) is 17.1. The van der Waals surface area contributed by atoms with Gasteiger partial charge in [0.05, 0.1) is 18.5 Å². The van der Waals surface area contributed by atoms with Crippen molar-refractivity contribution in [1.82, 2.24) is 0 Å². The van der Waals surface area contributed by atoms with E-state index in [1.165, 1.54) is 0 Å². The number of allylic oxidation sites excluding steroid dienone is 4. The molecule has 0 aliphatic rings. The number of thioether (sulfide) groups is 1. The number of ether oxygens (including phenoxy) is 2. The van der Waals surface area contributed by atoms with E-state index in [4.69, 9.17) is 32.7 Å². The van der Waals surface area contributed by atoms with E-state index in [-0.39, 0.29) is 11.9 Å². The van der Waals surface area contributed by atoms with Crippen LogP contribution in [0.3, 0.4) is 0 Å². The molecule has 2 aromatic carbocycles. The van der Waals surface area contributed by atoms with Crippen LogP contribution in [-0.2, 0) is 0 Å². The third-order valence-corrected chi connectivity index (χ3v) is 6.33. The van der Waals surface area contributed by atoms with Gasteiger partial charge in [0, 0.05) is 15.8 Å². The standard InChI is InChI=1S/C24H26Cl2O3S/c1-4-19(25)8-5-17(2)24(18-6-9-20(26)10-7-18)30-16-21(27)15-29-23-13-11-22(28-3)12-14-23/h4-14,21,24,27H,1,15-16H2,2-3H3/b17-5+,19-8+. The minimum absolute atomic E-state index is 0.0448. The van der Waals surface area contributed by atoms with Gasteiger partial charge in [-0.25, -0.2) is 0 Å². The van der Waals surface area contributed by atoms with Gasteiger partial charge in [0.25, 0.3) is 0 Å². The van der Waals surface area contributed by atoms with E-state index in [1.54, 1.807) is 24.9 Å². The van der Waals surface area contributed by atoms with Crippen molar-refractivity contribution < 1.29 is 14.6 Å². The molecule has 3 nitrogen and oxygen atoms in total. The molecule has 0 saturated carbocycles. The lowest BCUT2D eigenvalue weighted by Crippen LogP contribution is -2.20. The third kappa shape index (κ3) is 8.11. The van der Waals surface area contributed by atoms with Gasteiger partial charge in [-0.05, 0) is 55.0 Å². The Bertz CT molecular complexity index is 861. The van der Waals surface area contributed by atoms with Gasteiger partial charge in [-0.1, -0.05) is 59.6 Å². The van der Waals surface area contributed by atoms with E-state index in [9.17, 15) is 5.11 Å². The second-order valence-corrected chi connectivity index (χ2v) is 8.58. The molecule has 2 atom stereocenters. The summed E-state index contributed by atoms with van der Waals surface area (Å²) in [5, 5.41) is 11.7. The molecule has 0 spiro atoms. The van der Waals surface area contributed by atoms with Crippen LogP contribution in [0.15, 0.2) is 83.9 Å². The Morgan fingerprint density at radius 1 is 1.10 bits per heavy atom. The first-order valence-corrected chi connectivity index (χ1v) is 11.2. The van der Waals surface area contributed by atoms with Gasteiger partial charge in [0.1, 0.15) is 18.1 Å². The number of aliphatic hydroxyl groups is 1. The number of aliphatic hydroxyl groups excluding tert-OH is 1. The summed E-state index contributed by atoms with van der Waals surface area (Å²) in [4.78, 5) is 0. The quantitative estimate of drug-likeness (QED) is 0.370. The normalized spacial score (nSPS) is 14.2. The van der Waals surface area contributed by atoms with E-state index < -0.39 is 6.10 Å². The lowest BCUT2D eigenvalue weighted by Gasteiger charge is -2.20. The summed E-state index contributed by atoms with van der Waals surface area (Å²) in [5.41, 5.74) is 2.20. The Kier molecular flexibility index (Phi) is 10.4. The highest BCUT2D eigenvalue weighted by Crippen LogP contribution is 2.36. The topological polar surface area (TPSA) is 38.7 Å². The van der Waals surface area contributed by atoms with Crippen molar-refractivity contribution in [3.63, 3.8) is 0 Å². The molecule has 0 radical (unpaired) electrons. The van der Waals surface area contributed by atoms with Crippen LogP contribution in [0.25, 0.3) is 0 Å². The van der Waals surface area contributed by atoms with Gasteiger partial charge in [-0.15, -0.1) is 11.8 Å². The second kappa shape index (κ2) is 12.8. The maximum absolute atomic E-state index is 10.4. The summed E-state index contributed by atoms with van der Waals surface area (Å²) in [6, 6.07) is 15.0. The maximum atomic E-state index is 10.4. The molecule has 0 aromatic heterocycles. The molecule has 0 amide bonds. The van der Waals surface area contributed by atoms with Crippen LogP contribution in [0.4, 0.5) is 0 Å². The van der Waals surface area contributed by atoms with Gasteiger partial charge in [-0.3, -0.25) is 0 Å². The molecule has 0 bridgehead atoms. The van der Waals surface area contributed by atoms with Gasteiger partial charge in [-0.2, -0.15) is 0 Å². The van der Waals surface area contributed by atoms with Crippen molar-refractivity contribution in [2.45, 2.75) is 18.3 Å². The molecule has 0 aliphatic heterocycles. The fraction of sp³-hybridized carbons (Fsp3) is 0.250. The van der Waals surface area contributed by atoms with Crippen molar-refractivity contribution in [2.75, 3.05) is 19.5 Å². The van der Waals surface area contributed by atoms with Crippen molar-refractivity contribution >= 4 is 35.0 Å². The number of hydrogen-bond acceptors (Lipinski definition) is 4. The van der Waals surface area contributed by atoms with E-state index in [1.807, 2.05) is 67.6 Å². The molecule has 0 saturated heterocycles. The Hall–Kier alpha value is -1.85. The molecule has 2 aromatic rings. The van der Waals surface area contributed by atoms with Crippen LogP contribution in [0.2, 0.25) is 5.02 Å². The lowest BCUT2D eigenvalue weighted by molar-refractivity contribution is 0.126. The smallest absolute Gasteiger partial charge is 0.119 e. The SMILES string of the molecule is C=C/C(Cl)=C\C=C(/C)C(SCC(O)COc1ccc(OC)cc1)c1ccc(Cl)cc1. The first-order valence-electron chi connectivity index (χ1n) is 9.41. The highest BCUT2D eigenvalue weighted by molar-refractivity contribution is 7.99. The zero-order valence-corrected chi connectivity index (χ0v) is 19.4. The fourth-order valence-electron chi connectivity index (χ4n) is 2.61. The largest absolute Gasteiger partial charge is 0.497 e. The first kappa shape index (κ1) is 24.4. The van der Waals surface area contributed by atoms with Crippen molar-refractivity contribution in [3.8, 4) is 11.5 Å². The molecule has 2 unspecified atom stereocenters. The van der Waals surface area contributed by atoms with Crippen LogP contribution in [-0.4, -0.2) is 30.7 Å². The Morgan fingerprint density at radius 3 is 2.33 bits per heavy atom. The Balaban J connectivity index is 2.01. The van der Waals surface area contributed by atoms with Gasteiger partial charge < -0.3 is 14.6 Å².